The van der Waals surface area contributed by atoms with Crippen LogP contribution in [0.3, 0.4) is 0 Å². The third kappa shape index (κ3) is 1.60. The van der Waals surface area contributed by atoms with Gasteiger partial charge in [-0.05, 0) is 29.3 Å². The fourth-order valence-electron chi connectivity index (χ4n) is 1.50. The van der Waals surface area contributed by atoms with E-state index in [1.54, 1.807) is 0 Å². The molecule has 0 heterocycles. The molecule has 0 N–H and O–H groups in total. The molecule has 0 saturated carbocycles. The van der Waals surface area contributed by atoms with Gasteiger partial charge < -0.3 is 0 Å². The highest BCUT2D eigenvalue weighted by Crippen LogP contribution is 2.23. The van der Waals surface area contributed by atoms with Gasteiger partial charge in [-0.3, -0.25) is 0 Å². The Morgan fingerprint density at radius 2 is 1.43 bits per heavy atom. The molecule has 2 rings (SSSR count). The number of rotatable bonds is 2. The lowest BCUT2D eigenvalue weighted by Crippen LogP contribution is -1.81. The summed E-state index contributed by atoms with van der Waals surface area (Å²) in [6, 6.07) is 18.1. The van der Waals surface area contributed by atoms with Gasteiger partial charge in [-0.2, -0.15) is 0 Å². The molecule has 0 aliphatic carbocycles. The highest BCUT2D eigenvalue weighted by atomic mass is 14.0. The SMILES string of the molecule is [C]=Cc1ccccc1-c1ccccc1. The van der Waals surface area contributed by atoms with Gasteiger partial charge in [0.2, 0.25) is 0 Å². The Hall–Kier alpha value is -1.82. The van der Waals surface area contributed by atoms with E-state index in [4.69, 9.17) is 6.58 Å². The zero-order chi connectivity index (χ0) is 9.80. The summed E-state index contributed by atoms with van der Waals surface area (Å²) in [6.07, 6.45) is 1.39. The average Bonchev–Trinajstić information content (AvgIpc) is 2.30. The Kier molecular flexibility index (Phi) is 2.46. The summed E-state index contributed by atoms with van der Waals surface area (Å²) >= 11 is 0. The fraction of sp³-hybridized carbons (Fsp3) is 0. The van der Waals surface area contributed by atoms with E-state index in [9.17, 15) is 0 Å². The predicted octanol–water partition coefficient (Wildman–Crippen LogP) is 3.68. The molecule has 2 aromatic carbocycles. The van der Waals surface area contributed by atoms with Crippen molar-refractivity contribution in [3.05, 3.63) is 66.7 Å². The number of hydrogen-bond acceptors (Lipinski definition) is 0. The minimum absolute atomic E-state index is 0.957. The Bertz CT molecular complexity index is 427. The van der Waals surface area contributed by atoms with Gasteiger partial charge >= 0.3 is 0 Å². The van der Waals surface area contributed by atoms with Crippen LogP contribution in [-0.2, 0) is 0 Å². The van der Waals surface area contributed by atoms with Crippen molar-refractivity contribution in [3.63, 3.8) is 0 Å². The van der Waals surface area contributed by atoms with E-state index in [-0.39, 0.29) is 0 Å². The molecule has 0 aliphatic heterocycles. The average molecular weight is 178 g/mol. The molecule has 0 aromatic heterocycles. The monoisotopic (exact) mass is 178 g/mol. The third-order valence-electron chi connectivity index (χ3n) is 2.20. The molecule has 0 bridgehead atoms. The molecular weight excluding hydrogens is 168 g/mol. The molecule has 0 atom stereocenters. The molecule has 0 amide bonds. The van der Waals surface area contributed by atoms with Crippen LogP contribution in [0.1, 0.15) is 5.56 Å². The topological polar surface area (TPSA) is 0 Å². The smallest absolute Gasteiger partial charge is 0.00923 e. The summed E-state index contributed by atoms with van der Waals surface area (Å²) in [5.74, 6) is 0. The van der Waals surface area contributed by atoms with E-state index < -0.39 is 0 Å². The third-order valence-corrected chi connectivity index (χ3v) is 2.20. The molecule has 0 nitrogen and oxygen atoms in total. The second-order valence-corrected chi connectivity index (χ2v) is 3.10. The number of hydrogen-bond donors (Lipinski definition) is 0. The van der Waals surface area contributed by atoms with E-state index in [0.29, 0.717) is 0 Å². The van der Waals surface area contributed by atoms with Crippen molar-refractivity contribution in [2.75, 3.05) is 0 Å². The van der Waals surface area contributed by atoms with Crippen LogP contribution in [0, 0.1) is 6.58 Å². The molecule has 0 fully saturated rings. The predicted molar refractivity (Wildman–Crippen MR) is 59.6 cm³/mol. The quantitative estimate of drug-likeness (QED) is 0.658. The Morgan fingerprint density at radius 3 is 2.14 bits per heavy atom. The van der Waals surface area contributed by atoms with Crippen LogP contribution in [0.5, 0.6) is 0 Å². The van der Waals surface area contributed by atoms with Crippen molar-refractivity contribution in [2.45, 2.75) is 0 Å². The van der Waals surface area contributed by atoms with Gasteiger partial charge in [0.1, 0.15) is 0 Å². The zero-order valence-electron chi connectivity index (χ0n) is 7.77. The molecule has 66 valence electrons. The molecule has 2 aromatic rings. The maximum Gasteiger partial charge on any atom is -0.00923 e. The van der Waals surface area contributed by atoms with Crippen molar-refractivity contribution >= 4 is 6.08 Å². The summed E-state index contributed by atoms with van der Waals surface area (Å²) < 4.78 is 0. The zero-order valence-corrected chi connectivity index (χ0v) is 7.77. The fourth-order valence-corrected chi connectivity index (χ4v) is 1.50. The highest BCUT2D eigenvalue weighted by molar-refractivity contribution is 5.74. The van der Waals surface area contributed by atoms with Gasteiger partial charge in [0, 0.05) is 0 Å². The first-order valence-corrected chi connectivity index (χ1v) is 4.57. The molecule has 2 radical (unpaired) electrons. The molecule has 0 saturated heterocycles. The lowest BCUT2D eigenvalue weighted by atomic mass is 10.00. The highest BCUT2D eigenvalue weighted by Gasteiger charge is 1.99. The van der Waals surface area contributed by atoms with Crippen LogP contribution in [0.15, 0.2) is 54.6 Å². The molecule has 0 spiro atoms. The van der Waals surface area contributed by atoms with Crippen molar-refractivity contribution in [1.29, 1.82) is 0 Å². The van der Waals surface area contributed by atoms with Crippen LogP contribution in [0.25, 0.3) is 17.2 Å². The normalized spacial score (nSPS) is 9.71. The van der Waals surface area contributed by atoms with E-state index >= 15 is 0 Å². The second-order valence-electron chi connectivity index (χ2n) is 3.10. The summed E-state index contributed by atoms with van der Waals surface area (Å²) in [5.41, 5.74) is 3.23. The van der Waals surface area contributed by atoms with Gasteiger partial charge in [0.05, 0.1) is 0 Å². The van der Waals surface area contributed by atoms with Gasteiger partial charge in [0.15, 0.2) is 0 Å². The molecule has 0 unspecified atom stereocenters. The van der Waals surface area contributed by atoms with Crippen molar-refractivity contribution < 1.29 is 0 Å². The molecule has 14 heavy (non-hydrogen) atoms. The molecule has 0 heteroatoms. The van der Waals surface area contributed by atoms with E-state index in [0.717, 1.165) is 16.7 Å². The first-order valence-electron chi connectivity index (χ1n) is 4.57. The van der Waals surface area contributed by atoms with Crippen LogP contribution >= 0.6 is 0 Å². The Balaban J connectivity index is 2.57. The Morgan fingerprint density at radius 1 is 0.786 bits per heavy atom. The minimum atomic E-state index is 0.957. The summed E-state index contributed by atoms with van der Waals surface area (Å²) in [4.78, 5) is 0. The summed E-state index contributed by atoms with van der Waals surface area (Å²) in [7, 11) is 0. The van der Waals surface area contributed by atoms with Gasteiger partial charge in [0.25, 0.3) is 0 Å². The van der Waals surface area contributed by atoms with E-state index in [1.165, 1.54) is 6.08 Å². The first kappa shape index (κ1) is 8.76. The molecule has 0 aliphatic rings. The summed E-state index contributed by atoms with van der Waals surface area (Å²) in [5, 5.41) is 0. The second kappa shape index (κ2) is 3.93. The van der Waals surface area contributed by atoms with Crippen molar-refractivity contribution in [3.8, 4) is 11.1 Å². The standard InChI is InChI=1S/C14H10/c1-2-12-8-6-7-11-14(12)13-9-4-3-5-10-13/h2-11H. The molecular formula is C14H10. The maximum atomic E-state index is 7.31. The van der Waals surface area contributed by atoms with E-state index in [1.807, 2.05) is 42.5 Å². The Labute approximate surface area is 84.5 Å². The van der Waals surface area contributed by atoms with Crippen LogP contribution in [-0.4, -0.2) is 0 Å². The first-order chi connectivity index (χ1) is 6.92. The lowest BCUT2D eigenvalue weighted by molar-refractivity contribution is 1.59. The van der Waals surface area contributed by atoms with Gasteiger partial charge in [-0.25, -0.2) is 0 Å². The van der Waals surface area contributed by atoms with Crippen LogP contribution in [0.4, 0.5) is 0 Å². The van der Waals surface area contributed by atoms with Gasteiger partial charge in [-0.1, -0.05) is 54.6 Å². The van der Waals surface area contributed by atoms with Gasteiger partial charge in [-0.15, -0.1) is 0 Å². The summed E-state index contributed by atoms with van der Waals surface area (Å²) in [6.45, 7) is 7.31. The maximum absolute atomic E-state index is 7.31. The number of benzene rings is 2. The lowest BCUT2D eigenvalue weighted by Gasteiger charge is -2.04. The van der Waals surface area contributed by atoms with E-state index in [2.05, 4.69) is 12.1 Å². The van der Waals surface area contributed by atoms with Crippen molar-refractivity contribution in [1.82, 2.24) is 0 Å². The minimum Gasteiger partial charge on any atom is -0.0622 e. The van der Waals surface area contributed by atoms with Crippen LogP contribution < -0.4 is 0 Å². The largest absolute Gasteiger partial charge is 0.0622 e. The van der Waals surface area contributed by atoms with Crippen LogP contribution in [0.2, 0.25) is 0 Å². The van der Waals surface area contributed by atoms with Crippen molar-refractivity contribution in [2.24, 2.45) is 0 Å².